The highest BCUT2D eigenvalue weighted by Crippen LogP contribution is 2.22. The highest BCUT2D eigenvalue weighted by atomic mass is 35.5. The van der Waals surface area contributed by atoms with E-state index in [9.17, 15) is 13.2 Å². The Morgan fingerprint density at radius 3 is 2.39 bits per heavy atom. The van der Waals surface area contributed by atoms with Gasteiger partial charge in [-0.3, -0.25) is 4.79 Å². The molecular weight excluding hydrogens is 432 g/mol. The van der Waals surface area contributed by atoms with E-state index in [1.807, 2.05) is 62.4 Å². The number of hydrogen-bond acceptors (Lipinski definition) is 3. The Morgan fingerprint density at radius 2 is 1.71 bits per heavy atom. The quantitative estimate of drug-likeness (QED) is 0.516. The zero-order valence-corrected chi connectivity index (χ0v) is 19.1. The number of sulfonamides is 1. The van der Waals surface area contributed by atoms with E-state index in [1.54, 1.807) is 0 Å². The lowest BCUT2D eigenvalue weighted by Gasteiger charge is -2.22. The Bertz CT molecular complexity index is 1160. The number of amides is 1. The highest BCUT2D eigenvalue weighted by molar-refractivity contribution is 7.89. The second kappa shape index (κ2) is 10.1. The van der Waals surface area contributed by atoms with Crippen LogP contribution >= 0.6 is 11.6 Å². The van der Waals surface area contributed by atoms with Crippen LogP contribution in [0.5, 0.6) is 0 Å². The second-order valence-electron chi connectivity index (χ2n) is 7.27. The number of nitrogens with zero attached hydrogens (tertiary/aromatic N) is 1. The first kappa shape index (κ1) is 23.0. The molecule has 0 bridgehead atoms. The number of hydrogen-bond donors (Lipinski definition) is 1. The van der Waals surface area contributed by atoms with Crippen LogP contribution in [0, 0.1) is 6.92 Å². The van der Waals surface area contributed by atoms with Crippen molar-refractivity contribution in [1.29, 1.82) is 0 Å². The van der Waals surface area contributed by atoms with E-state index < -0.39 is 15.9 Å². The molecule has 3 aromatic carbocycles. The van der Waals surface area contributed by atoms with Crippen LogP contribution in [-0.4, -0.2) is 25.2 Å². The number of carbonyl (C=O) groups is 1. The largest absolute Gasteiger partial charge is 0.325 e. The summed E-state index contributed by atoms with van der Waals surface area (Å²) in [4.78, 5) is 12.9. The van der Waals surface area contributed by atoms with Crippen LogP contribution in [-0.2, 0) is 27.8 Å². The molecule has 3 rings (SSSR count). The Balaban J connectivity index is 1.89. The maximum atomic E-state index is 13.3. The molecule has 0 saturated heterocycles. The van der Waals surface area contributed by atoms with Gasteiger partial charge in [-0.2, -0.15) is 4.31 Å². The van der Waals surface area contributed by atoms with E-state index in [1.165, 1.54) is 28.6 Å². The van der Waals surface area contributed by atoms with Crippen LogP contribution in [0.4, 0.5) is 5.69 Å². The number of aryl methyl sites for hydroxylation is 2. The predicted octanol–water partition coefficient (Wildman–Crippen LogP) is 5.04. The maximum absolute atomic E-state index is 13.3. The van der Waals surface area contributed by atoms with Crippen molar-refractivity contribution in [1.82, 2.24) is 4.31 Å². The third kappa shape index (κ3) is 5.94. The van der Waals surface area contributed by atoms with Crippen LogP contribution in [0.15, 0.2) is 77.7 Å². The molecule has 0 atom stereocenters. The number of anilines is 1. The molecule has 0 heterocycles. The van der Waals surface area contributed by atoms with Crippen molar-refractivity contribution < 1.29 is 13.2 Å². The number of carbonyl (C=O) groups excluding carboxylic acids is 1. The average Bonchev–Trinajstić information content (AvgIpc) is 2.74. The van der Waals surface area contributed by atoms with Gasteiger partial charge in [-0.15, -0.1) is 0 Å². The predicted molar refractivity (Wildman–Crippen MR) is 125 cm³/mol. The SMILES string of the molecule is CCc1ccccc1NC(=O)CN(Cc1cccc(C)c1)S(=O)(=O)c1ccc(Cl)cc1. The van der Waals surface area contributed by atoms with Gasteiger partial charge in [0.05, 0.1) is 11.4 Å². The van der Waals surface area contributed by atoms with Crippen molar-refractivity contribution >= 4 is 33.2 Å². The third-order valence-electron chi connectivity index (χ3n) is 4.89. The highest BCUT2D eigenvalue weighted by Gasteiger charge is 2.27. The normalized spacial score (nSPS) is 11.5. The molecule has 0 spiro atoms. The minimum Gasteiger partial charge on any atom is -0.325 e. The average molecular weight is 457 g/mol. The lowest BCUT2D eigenvalue weighted by molar-refractivity contribution is -0.116. The molecule has 0 aromatic heterocycles. The maximum Gasteiger partial charge on any atom is 0.243 e. The number of benzene rings is 3. The number of rotatable bonds is 8. The molecule has 1 amide bonds. The number of nitrogens with one attached hydrogen (secondary N) is 1. The van der Waals surface area contributed by atoms with Crippen LogP contribution < -0.4 is 5.32 Å². The van der Waals surface area contributed by atoms with Gasteiger partial charge in [-0.25, -0.2) is 8.42 Å². The summed E-state index contributed by atoms with van der Waals surface area (Å²) in [6, 6.07) is 21.0. The first-order valence-corrected chi connectivity index (χ1v) is 11.8. The summed E-state index contributed by atoms with van der Waals surface area (Å²) in [5.41, 5.74) is 3.50. The van der Waals surface area contributed by atoms with Gasteiger partial charge in [-0.05, 0) is 54.8 Å². The Kier molecular flexibility index (Phi) is 7.49. The molecule has 0 radical (unpaired) electrons. The zero-order chi connectivity index (χ0) is 22.4. The van der Waals surface area contributed by atoms with E-state index in [0.717, 1.165) is 23.1 Å². The monoisotopic (exact) mass is 456 g/mol. The molecule has 0 saturated carbocycles. The molecule has 5 nitrogen and oxygen atoms in total. The molecule has 0 aliphatic rings. The van der Waals surface area contributed by atoms with E-state index in [4.69, 9.17) is 11.6 Å². The fraction of sp³-hybridized carbons (Fsp3) is 0.208. The molecule has 3 aromatic rings. The van der Waals surface area contributed by atoms with E-state index >= 15 is 0 Å². The number of halogens is 1. The van der Waals surface area contributed by atoms with Crippen LogP contribution in [0.1, 0.15) is 23.6 Å². The molecule has 7 heteroatoms. The second-order valence-corrected chi connectivity index (χ2v) is 9.65. The molecule has 0 fully saturated rings. The van der Waals surface area contributed by atoms with E-state index in [-0.39, 0.29) is 18.0 Å². The molecule has 31 heavy (non-hydrogen) atoms. The summed E-state index contributed by atoms with van der Waals surface area (Å²) in [6.07, 6.45) is 0.756. The Hall–Kier alpha value is -2.67. The van der Waals surface area contributed by atoms with E-state index in [2.05, 4.69) is 5.32 Å². The molecule has 162 valence electrons. The van der Waals surface area contributed by atoms with Crippen molar-refractivity contribution in [3.63, 3.8) is 0 Å². The zero-order valence-electron chi connectivity index (χ0n) is 17.5. The van der Waals surface area contributed by atoms with Crippen molar-refractivity contribution in [2.24, 2.45) is 0 Å². The summed E-state index contributed by atoms with van der Waals surface area (Å²) in [5, 5.41) is 3.30. The first-order chi connectivity index (χ1) is 14.8. The van der Waals surface area contributed by atoms with Crippen molar-refractivity contribution in [2.45, 2.75) is 31.7 Å². The van der Waals surface area contributed by atoms with Gasteiger partial charge in [-0.1, -0.05) is 66.6 Å². The van der Waals surface area contributed by atoms with Crippen molar-refractivity contribution in [3.8, 4) is 0 Å². The van der Waals surface area contributed by atoms with Crippen LogP contribution in [0.25, 0.3) is 0 Å². The van der Waals surface area contributed by atoms with Gasteiger partial charge >= 0.3 is 0 Å². The van der Waals surface area contributed by atoms with Gasteiger partial charge in [0.25, 0.3) is 0 Å². The van der Waals surface area contributed by atoms with Gasteiger partial charge in [0.1, 0.15) is 0 Å². The Labute approximate surface area is 188 Å². The summed E-state index contributed by atoms with van der Waals surface area (Å²) < 4.78 is 27.9. The lowest BCUT2D eigenvalue weighted by atomic mass is 10.1. The van der Waals surface area contributed by atoms with Crippen LogP contribution in [0.3, 0.4) is 0 Å². The molecule has 1 N–H and O–H groups in total. The third-order valence-corrected chi connectivity index (χ3v) is 6.94. The topological polar surface area (TPSA) is 66.5 Å². The summed E-state index contributed by atoms with van der Waals surface area (Å²) in [7, 11) is -3.92. The molecule has 0 aliphatic carbocycles. The smallest absolute Gasteiger partial charge is 0.243 e. The molecular formula is C24H25ClN2O3S. The standard InChI is InChI=1S/C24H25ClN2O3S/c1-3-20-9-4-5-10-23(20)26-24(28)17-27(16-19-8-6-7-18(2)15-19)31(29,30)22-13-11-21(25)12-14-22/h4-15H,3,16-17H2,1-2H3,(H,26,28). The van der Waals surface area contributed by atoms with Crippen molar-refractivity contribution in [3.05, 3.63) is 94.5 Å². The molecule has 0 unspecified atom stereocenters. The van der Waals surface area contributed by atoms with Gasteiger partial charge < -0.3 is 5.32 Å². The van der Waals surface area contributed by atoms with Crippen molar-refractivity contribution in [2.75, 3.05) is 11.9 Å². The summed E-state index contributed by atoms with van der Waals surface area (Å²) >= 11 is 5.92. The summed E-state index contributed by atoms with van der Waals surface area (Å²) in [5.74, 6) is -0.397. The Morgan fingerprint density at radius 1 is 1.00 bits per heavy atom. The lowest BCUT2D eigenvalue weighted by Crippen LogP contribution is -2.37. The van der Waals surface area contributed by atoms with Crippen LogP contribution in [0.2, 0.25) is 5.02 Å². The number of para-hydroxylation sites is 1. The minimum atomic E-state index is -3.92. The van der Waals surface area contributed by atoms with E-state index in [0.29, 0.717) is 10.7 Å². The minimum absolute atomic E-state index is 0.0789. The van der Waals surface area contributed by atoms with Gasteiger partial charge in [0, 0.05) is 17.3 Å². The first-order valence-electron chi connectivity index (χ1n) is 9.98. The fourth-order valence-electron chi connectivity index (χ4n) is 3.30. The summed E-state index contributed by atoms with van der Waals surface area (Å²) in [6.45, 7) is 3.71. The van der Waals surface area contributed by atoms with Gasteiger partial charge in [0.15, 0.2) is 0 Å². The van der Waals surface area contributed by atoms with Gasteiger partial charge in [0.2, 0.25) is 15.9 Å². The fourth-order valence-corrected chi connectivity index (χ4v) is 4.81. The molecule has 0 aliphatic heterocycles.